The first-order valence-corrected chi connectivity index (χ1v) is 8.91. The van der Waals surface area contributed by atoms with Gasteiger partial charge in [-0.05, 0) is 24.3 Å². The maximum atomic E-state index is 8.99. The predicted octanol–water partition coefficient (Wildman–Crippen LogP) is 1.25. The zero-order valence-electron chi connectivity index (χ0n) is 15.7. The molecule has 0 amide bonds. The van der Waals surface area contributed by atoms with Crippen LogP contribution in [-0.2, 0) is 0 Å². The topological polar surface area (TPSA) is 118 Å². The third-order valence-corrected chi connectivity index (χ3v) is 4.68. The number of rotatable bonds is 6. The van der Waals surface area contributed by atoms with E-state index >= 15 is 0 Å². The van der Waals surface area contributed by atoms with E-state index in [0.29, 0.717) is 17.3 Å². The van der Waals surface area contributed by atoms with Crippen LogP contribution in [-0.4, -0.2) is 56.3 Å². The van der Waals surface area contributed by atoms with E-state index in [1.165, 1.54) is 6.33 Å². The normalized spacial score (nSPS) is 13.5. The number of hydrogen-bond donors (Lipinski definition) is 1. The standard InChI is InChI=1S/C19H22N8O/c1-28-16-4-2-15(3-5-16)25-10-12-27(13-11-25)19-17(22)18(23-14-24-19)26(8-6-20)9-7-21/h2-5,14H,8-13,22H2,1H3. The second-order valence-electron chi connectivity index (χ2n) is 6.28. The van der Waals surface area contributed by atoms with Crippen molar-refractivity contribution in [3.05, 3.63) is 30.6 Å². The van der Waals surface area contributed by atoms with E-state index in [2.05, 4.69) is 19.8 Å². The third-order valence-electron chi connectivity index (χ3n) is 4.68. The Morgan fingerprint density at radius 1 is 1.04 bits per heavy atom. The Balaban J connectivity index is 1.72. The van der Waals surface area contributed by atoms with Crippen LogP contribution in [0.25, 0.3) is 0 Å². The fourth-order valence-corrected chi connectivity index (χ4v) is 3.23. The molecule has 144 valence electrons. The van der Waals surface area contributed by atoms with Gasteiger partial charge in [0, 0.05) is 31.9 Å². The van der Waals surface area contributed by atoms with Crippen LogP contribution in [0.3, 0.4) is 0 Å². The van der Waals surface area contributed by atoms with Gasteiger partial charge in [-0.25, -0.2) is 9.97 Å². The average molecular weight is 378 g/mol. The molecule has 9 nitrogen and oxygen atoms in total. The molecule has 0 radical (unpaired) electrons. The molecule has 0 bridgehead atoms. The van der Waals surface area contributed by atoms with Gasteiger partial charge >= 0.3 is 0 Å². The van der Waals surface area contributed by atoms with Crippen molar-refractivity contribution in [1.82, 2.24) is 9.97 Å². The Bertz CT molecular complexity index is 862. The highest BCUT2D eigenvalue weighted by atomic mass is 16.5. The SMILES string of the molecule is COc1ccc(N2CCN(c3ncnc(N(CC#N)CC#N)c3N)CC2)cc1. The predicted molar refractivity (Wildman–Crippen MR) is 107 cm³/mol. The number of benzene rings is 1. The lowest BCUT2D eigenvalue weighted by Gasteiger charge is -2.37. The number of ether oxygens (including phenoxy) is 1. The van der Waals surface area contributed by atoms with Crippen LogP contribution < -0.4 is 25.2 Å². The number of piperazine rings is 1. The number of nitrogens with zero attached hydrogens (tertiary/aromatic N) is 7. The van der Waals surface area contributed by atoms with E-state index in [0.717, 1.165) is 37.6 Å². The van der Waals surface area contributed by atoms with Gasteiger partial charge in [-0.3, -0.25) is 0 Å². The van der Waals surface area contributed by atoms with E-state index in [4.69, 9.17) is 21.0 Å². The highest BCUT2D eigenvalue weighted by Crippen LogP contribution is 2.30. The van der Waals surface area contributed by atoms with E-state index in [-0.39, 0.29) is 13.1 Å². The van der Waals surface area contributed by atoms with Crippen molar-refractivity contribution in [2.75, 3.05) is 66.8 Å². The first kappa shape index (κ1) is 19.1. The molecule has 2 N–H and O–H groups in total. The molecule has 1 fully saturated rings. The van der Waals surface area contributed by atoms with Crippen molar-refractivity contribution in [1.29, 1.82) is 10.5 Å². The number of aromatic nitrogens is 2. The summed E-state index contributed by atoms with van der Waals surface area (Å²) in [5, 5.41) is 18.0. The number of nitriles is 2. The van der Waals surface area contributed by atoms with Gasteiger partial charge in [-0.1, -0.05) is 0 Å². The van der Waals surface area contributed by atoms with Gasteiger partial charge in [-0.15, -0.1) is 0 Å². The first-order valence-electron chi connectivity index (χ1n) is 8.91. The number of anilines is 4. The fourth-order valence-electron chi connectivity index (χ4n) is 3.23. The zero-order chi connectivity index (χ0) is 19.9. The lowest BCUT2D eigenvalue weighted by atomic mass is 10.2. The van der Waals surface area contributed by atoms with Crippen LogP contribution in [0.5, 0.6) is 5.75 Å². The smallest absolute Gasteiger partial charge is 0.159 e. The molecule has 0 spiro atoms. The second-order valence-corrected chi connectivity index (χ2v) is 6.28. The van der Waals surface area contributed by atoms with Gasteiger partial charge in [0.2, 0.25) is 0 Å². The van der Waals surface area contributed by atoms with Crippen molar-refractivity contribution >= 4 is 23.0 Å². The van der Waals surface area contributed by atoms with Gasteiger partial charge < -0.3 is 25.2 Å². The Kier molecular flexibility index (Phi) is 5.97. The summed E-state index contributed by atoms with van der Waals surface area (Å²) in [6.07, 6.45) is 1.43. The maximum Gasteiger partial charge on any atom is 0.159 e. The summed E-state index contributed by atoms with van der Waals surface area (Å²) in [7, 11) is 1.66. The van der Waals surface area contributed by atoms with Crippen LogP contribution in [0.15, 0.2) is 30.6 Å². The summed E-state index contributed by atoms with van der Waals surface area (Å²) in [5.41, 5.74) is 7.84. The minimum Gasteiger partial charge on any atom is -0.497 e. The van der Waals surface area contributed by atoms with E-state index in [1.54, 1.807) is 12.0 Å². The van der Waals surface area contributed by atoms with Crippen molar-refractivity contribution in [2.24, 2.45) is 0 Å². The molecule has 0 atom stereocenters. The number of nitrogen functional groups attached to an aromatic ring is 1. The van der Waals surface area contributed by atoms with E-state index in [1.807, 2.05) is 36.4 Å². The lowest BCUT2D eigenvalue weighted by Crippen LogP contribution is -2.47. The molecule has 1 saturated heterocycles. The van der Waals surface area contributed by atoms with Gasteiger partial charge in [-0.2, -0.15) is 10.5 Å². The van der Waals surface area contributed by atoms with Crippen LogP contribution in [0, 0.1) is 22.7 Å². The molecule has 1 aliphatic heterocycles. The minimum atomic E-state index is 0.0411. The summed E-state index contributed by atoms with van der Waals surface area (Å²) >= 11 is 0. The van der Waals surface area contributed by atoms with Gasteiger partial charge in [0.25, 0.3) is 0 Å². The lowest BCUT2D eigenvalue weighted by molar-refractivity contribution is 0.415. The van der Waals surface area contributed by atoms with E-state index < -0.39 is 0 Å². The molecule has 2 aromatic rings. The highest BCUT2D eigenvalue weighted by molar-refractivity contribution is 5.76. The molecule has 28 heavy (non-hydrogen) atoms. The van der Waals surface area contributed by atoms with Crippen molar-refractivity contribution in [2.45, 2.75) is 0 Å². The second kappa shape index (κ2) is 8.78. The van der Waals surface area contributed by atoms with E-state index in [9.17, 15) is 0 Å². The van der Waals surface area contributed by atoms with Gasteiger partial charge in [0.05, 0.1) is 19.2 Å². The fraction of sp³-hybridized carbons (Fsp3) is 0.368. The highest BCUT2D eigenvalue weighted by Gasteiger charge is 2.23. The minimum absolute atomic E-state index is 0.0411. The molecular formula is C19H22N8O. The van der Waals surface area contributed by atoms with Crippen molar-refractivity contribution < 1.29 is 4.74 Å². The quantitative estimate of drug-likeness (QED) is 0.741. The number of methoxy groups -OCH3 is 1. The Labute approximate surface area is 164 Å². The molecule has 1 aliphatic rings. The maximum absolute atomic E-state index is 8.99. The average Bonchev–Trinajstić information content (AvgIpc) is 2.74. The molecule has 1 aromatic heterocycles. The summed E-state index contributed by atoms with van der Waals surface area (Å²) in [6, 6.07) is 12.1. The molecule has 9 heteroatoms. The molecule has 0 unspecified atom stereocenters. The Morgan fingerprint density at radius 3 is 2.21 bits per heavy atom. The summed E-state index contributed by atoms with van der Waals surface area (Å²) < 4.78 is 5.21. The van der Waals surface area contributed by atoms with Crippen LogP contribution in [0.2, 0.25) is 0 Å². The zero-order valence-corrected chi connectivity index (χ0v) is 15.7. The van der Waals surface area contributed by atoms with Crippen molar-refractivity contribution in [3.8, 4) is 17.9 Å². The molecule has 2 heterocycles. The number of nitrogens with two attached hydrogens (primary N) is 1. The van der Waals surface area contributed by atoms with Crippen molar-refractivity contribution in [3.63, 3.8) is 0 Å². The molecule has 0 aliphatic carbocycles. The molecule has 3 rings (SSSR count). The monoisotopic (exact) mass is 378 g/mol. The molecular weight excluding hydrogens is 356 g/mol. The third kappa shape index (κ3) is 3.99. The first-order chi connectivity index (χ1) is 13.7. The molecule has 0 saturated carbocycles. The van der Waals surface area contributed by atoms with Crippen LogP contribution in [0.4, 0.5) is 23.0 Å². The van der Waals surface area contributed by atoms with Gasteiger partial charge in [0.1, 0.15) is 30.9 Å². The number of hydrogen-bond acceptors (Lipinski definition) is 9. The summed E-state index contributed by atoms with van der Waals surface area (Å²) in [6.45, 7) is 3.24. The summed E-state index contributed by atoms with van der Waals surface area (Å²) in [5.74, 6) is 1.90. The Morgan fingerprint density at radius 2 is 1.64 bits per heavy atom. The largest absolute Gasteiger partial charge is 0.497 e. The molecule has 1 aromatic carbocycles. The van der Waals surface area contributed by atoms with Gasteiger partial charge in [0.15, 0.2) is 11.6 Å². The Hall–Kier alpha value is -3.72. The van der Waals surface area contributed by atoms with Crippen LogP contribution >= 0.6 is 0 Å². The van der Waals surface area contributed by atoms with Crippen LogP contribution in [0.1, 0.15) is 0 Å². The summed E-state index contributed by atoms with van der Waals surface area (Å²) in [4.78, 5) is 14.5.